The molecule has 0 radical (unpaired) electrons. The molecular formula is C16H19ClN2O. The molecule has 0 bridgehead atoms. The van der Waals surface area contributed by atoms with Gasteiger partial charge in [0.15, 0.2) is 0 Å². The highest BCUT2D eigenvalue weighted by Gasteiger charge is 2.02. The standard InChI is InChI=1S/C16H19ClN2O/c1-11(2)20-16-8-14(18)7-15(9-16)19-10-12-4-3-5-13(17)6-12/h3-9,11,19H,10,18H2,1-2H3. The monoisotopic (exact) mass is 290 g/mol. The second-order valence-corrected chi connectivity index (χ2v) is 5.38. The Hall–Kier alpha value is -1.87. The number of halogens is 1. The average molecular weight is 291 g/mol. The van der Waals surface area contributed by atoms with Gasteiger partial charge in [-0.1, -0.05) is 23.7 Å². The van der Waals surface area contributed by atoms with Gasteiger partial charge in [-0.25, -0.2) is 0 Å². The van der Waals surface area contributed by atoms with Crippen LogP contribution in [-0.4, -0.2) is 6.10 Å². The molecule has 0 aliphatic heterocycles. The molecule has 2 aromatic carbocycles. The van der Waals surface area contributed by atoms with Crippen molar-refractivity contribution in [2.45, 2.75) is 26.5 Å². The SMILES string of the molecule is CC(C)Oc1cc(N)cc(NCc2cccc(Cl)c2)c1. The van der Waals surface area contributed by atoms with Crippen LogP contribution in [0.4, 0.5) is 11.4 Å². The Labute approximate surface area is 124 Å². The van der Waals surface area contributed by atoms with Crippen molar-refractivity contribution < 1.29 is 4.74 Å². The normalized spacial score (nSPS) is 10.6. The predicted octanol–water partition coefficient (Wildman–Crippen LogP) is 4.32. The van der Waals surface area contributed by atoms with Crippen LogP contribution >= 0.6 is 11.6 Å². The molecule has 0 heterocycles. The molecule has 0 aromatic heterocycles. The van der Waals surface area contributed by atoms with Crippen molar-refractivity contribution in [3.05, 3.63) is 53.1 Å². The van der Waals surface area contributed by atoms with E-state index in [1.54, 1.807) is 0 Å². The molecule has 2 aromatic rings. The van der Waals surface area contributed by atoms with Crippen molar-refractivity contribution in [1.82, 2.24) is 0 Å². The van der Waals surface area contributed by atoms with Crippen LogP contribution in [0.2, 0.25) is 5.02 Å². The Balaban J connectivity index is 2.07. The summed E-state index contributed by atoms with van der Waals surface area (Å²) >= 11 is 5.97. The van der Waals surface area contributed by atoms with Crippen molar-refractivity contribution in [2.75, 3.05) is 11.1 Å². The molecule has 3 nitrogen and oxygen atoms in total. The van der Waals surface area contributed by atoms with Crippen molar-refractivity contribution in [3.63, 3.8) is 0 Å². The molecule has 0 aliphatic carbocycles. The van der Waals surface area contributed by atoms with E-state index in [0.29, 0.717) is 12.2 Å². The number of hydrogen-bond acceptors (Lipinski definition) is 3. The van der Waals surface area contributed by atoms with Gasteiger partial charge in [-0.3, -0.25) is 0 Å². The van der Waals surface area contributed by atoms with Crippen LogP contribution < -0.4 is 15.8 Å². The summed E-state index contributed by atoms with van der Waals surface area (Å²) in [4.78, 5) is 0. The van der Waals surface area contributed by atoms with Gasteiger partial charge in [-0.15, -0.1) is 0 Å². The Morgan fingerprint density at radius 2 is 2.00 bits per heavy atom. The molecule has 0 amide bonds. The van der Waals surface area contributed by atoms with Gasteiger partial charge in [0, 0.05) is 35.1 Å². The number of anilines is 2. The maximum atomic E-state index is 5.97. The lowest BCUT2D eigenvalue weighted by atomic mass is 10.2. The molecule has 0 aliphatic rings. The minimum atomic E-state index is 0.123. The first-order valence-electron chi connectivity index (χ1n) is 6.58. The van der Waals surface area contributed by atoms with E-state index in [1.807, 2.05) is 56.3 Å². The van der Waals surface area contributed by atoms with E-state index in [2.05, 4.69) is 5.32 Å². The van der Waals surface area contributed by atoms with E-state index in [0.717, 1.165) is 22.0 Å². The van der Waals surface area contributed by atoms with Gasteiger partial charge in [0.25, 0.3) is 0 Å². The van der Waals surface area contributed by atoms with Crippen molar-refractivity contribution in [2.24, 2.45) is 0 Å². The molecule has 0 atom stereocenters. The van der Waals surface area contributed by atoms with Crippen LogP contribution in [0.25, 0.3) is 0 Å². The van der Waals surface area contributed by atoms with Crippen LogP contribution in [0.1, 0.15) is 19.4 Å². The highest BCUT2D eigenvalue weighted by molar-refractivity contribution is 6.30. The Morgan fingerprint density at radius 1 is 1.20 bits per heavy atom. The summed E-state index contributed by atoms with van der Waals surface area (Å²) in [5.41, 5.74) is 8.61. The first-order valence-corrected chi connectivity index (χ1v) is 6.96. The summed E-state index contributed by atoms with van der Waals surface area (Å²) < 4.78 is 5.67. The van der Waals surface area contributed by atoms with Crippen LogP contribution in [0.15, 0.2) is 42.5 Å². The minimum Gasteiger partial charge on any atom is -0.491 e. The fraction of sp³-hybridized carbons (Fsp3) is 0.250. The summed E-state index contributed by atoms with van der Waals surface area (Å²) in [6.07, 6.45) is 0.123. The Bertz CT molecular complexity index is 584. The molecule has 0 saturated carbocycles. The van der Waals surface area contributed by atoms with Crippen LogP contribution in [0, 0.1) is 0 Å². The largest absolute Gasteiger partial charge is 0.491 e. The molecular weight excluding hydrogens is 272 g/mol. The maximum absolute atomic E-state index is 5.97. The number of nitrogens with two attached hydrogens (primary N) is 1. The number of ether oxygens (including phenoxy) is 1. The van der Waals surface area contributed by atoms with E-state index in [1.165, 1.54) is 0 Å². The molecule has 0 unspecified atom stereocenters. The molecule has 2 rings (SSSR count). The number of nitrogen functional groups attached to an aromatic ring is 1. The lowest BCUT2D eigenvalue weighted by Crippen LogP contribution is -2.07. The third-order valence-corrected chi connectivity index (χ3v) is 2.92. The zero-order valence-electron chi connectivity index (χ0n) is 11.7. The van der Waals surface area contributed by atoms with E-state index in [9.17, 15) is 0 Å². The highest BCUT2D eigenvalue weighted by Crippen LogP contribution is 2.24. The number of benzene rings is 2. The molecule has 0 fully saturated rings. The van der Waals surface area contributed by atoms with Gasteiger partial charge in [-0.05, 0) is 37.6 Å². The third-order valence-electron chi connectivity index (χ3n) is 2.69. The molecule has 106 valence electrons. The van der Waals surface area contributed by atoms with Crippen LogP contribution in [0.3, 0.4) is 0 Å². The zero-order valence-corrected chi connectivity index (χ0v) is 12.4. The zero-order chi connectivity index (χ0) is 14.5. The second kappa shape index (κ2) is 6.53. The Morgan fingerprint density at radius 3 is 2.70 bits per heavy atom. The predicted molar refractivity (Wildman–Crippen MR) is 85.4 cm³/mol. The quantitative estimate of drug-likeness (QED) is 0.806. The summed E-state index contributed by atoms with van der Waals surface area (Å²) in [6.45, 7) is 4.66. The molecule has 4 heteroatoms. The second-order valence-electron chi connectivity index (χ2n) is 4.94. The number of hydrogen-bond donors (Lipinski definition) is 2. The summed E-state index contributed by atoms with van der Waals surface area (Å²) in [6, 6.07) is 13.4. The lowest BCUT2D eigenvalue weighted by Gasteiger charge is -2.13. The van der Waals surface area contributed by atoms with E-state index in [-0.39, 0.29) is 6.10 Å². The Kier molecular flexibility index (Phi) is 4.74. The van der Waals surface area contributed by atoms with Crippen molar-refractivity contribution in [3.8, 4) is 5.75 Å². The van der Waals surface area contributed by atoms with Gasteiger partial charge in [0.1, 0.15) is 5.75 Å². The average Bonchev–Trinajstić information content (AvgIpc) is 2.35. The van der Waals surface area contributed by atoms with Gasteiger partial charge >= 0.3 is 0 Å². The fourth-order valence-electron chi connectivity index (χ4n) is 1.92. The molecule has 0 saturated heterocycles. The summed E-state index contributed by atoms with van der Waals surface area (Å²) in [5.74, 6) is 0.772. The summed E-state index contributed by atoms with van der Waals surface area (Å²) in [7, 11) is 0. The molecule has 0 spiro atoms. The van der Waals surface area contributed by atoms with E-state index in [4.69, 9.17) is 22.1 Å². The van der Waals surface area contributed by atoms with Gasteiger partial charge < -0.3 is 15.8 Å². The maximum Gasteiger partial charge on any atom is 0.123 e. The van der Waals surface area contributed by atoms with E-state index < -0.39 is 0 Å². The smallest absolute Gasteiger partial charge is 0.123 e. The van der Waals surface area contributed by atoms with Crippen LogP contribution in [-0.2, 0) is 6.54 Å². The van der Waals surface area contributed by atoms with Crippen LogP contribution in [0.5, 0.6) is 5.75 Å². The van der Waals surface area contributed by atoms with Crippen molar-refractivity contribution in [1.29, 1.82) is 0 Å². The number of rotatable bonds is 5. The lowest BCUT2D eigenvalue weighted by molar-refractivity contribution is 0.242. The first-order chi connectivity index (χ1) is 9.52. The highest BCUT2D eigenvalue weighted by atomic mass is 35.5. The number of nitrogens with one attached hydrogen (secondary N) is 1. The minimum absolute atomic E-state index is 0.123. The first kappa shape index (κ1) is 14.5. The van der Waals surface area contributed by atoms with Gasteiger partial charge in [-0.2, -0.15) is 0 Å². The van der Waals surface area contributed by atoms with Gasteiger partial charge in [0.2, 0.25) is 0 Å². The summed E-state index contributed by atoms with van der Waals surface area (Å²) in [5, 5.41) is 4.06. The van der Waals surface area contributed by atoms with Crippen molar-refractivity contribution >= 4 is 23.0 Å². The van der Waals surface area contributed by atoms with E-state index >= 15 is 0 Å². The van der Waals surface area contributed by atoms with Gasteiger partial charge in [0.05, 0.1) is 6.10 Å². The fourth-order valence-corrected chi connectivity index (χ4v) is 2.13. The third kappa shape index (κ3) is 4.35. The topological polar surface area (TPSA) is 47.3 Å². The molecule has 3 N–H and O–H groups in total. The molecule has 20 heavy (non-hydrogen) atoms.